The quantitative estimate of drug-likeness (QED) is 0.446. The number of halogens is 2. The molecule has 0 aliphatic carbocycles. The molecule has 1 aromatic heterocycles. The first-order valence-corrected chi connectivity index (χ1v) is 10.8. The predicted octanol–water partition coefficient (Wildman–Crippen LogP) is 2.00. The van der Waals surface area contributed by atoms with Gasteiger partial charge in [-0.25, -0.2) is 8.96 Å². The molecule has 1 fully saturated rings. The minimum Gasteiger partial charge on any atom is -0.403 e. The third-order valence-electron chi connectivity index (χ3n) is 4.87. The fourth-order valence-corrected chi connectivity index (χ4v) is 4.76. The fraction of sp³-hybridized carbons (Fsp3) is 0.412. The van der Waals surface area contributed by atoms with E-state index in [0.29, 0.717) is 17.3 Å². The highest BCUT2D eigenvalue weighted by Gasteiger charge is 2.57. The molecule has 14 heteroatoms. The molecule has 0 radical (unpaired) electrons. The van der Waals surface area contributed by atoms with E-state index in [1.54, 1.807) is 25.1 Å². The van der Waals surface area contributed by atoms with Crippen molar-refractivity contribution in [3.63, 3.8) is 0 Å². The Hall–Kier alpha value is -1.99. The Kier molecular flexibility index (Phi) is 5.63. The van der Waals surface area contributed by atoms with Crippen LogP contribution in [0.4, 0.5) is 8.78 Å². The molecule has 3 N–H and O–H groups in total. The molecule has 0 spiro atoms. The molecule has 10 nitrogen and oxygen atoms in total. The summed E-state index contributed by atoms with van der Waals surface area (Å²) in [7, 11) is -4.28. The second-order valence-electron chi connectivity index (χ2n) is 7.02. The number of aliphatic hydroxyl groups is 2. The molecule has 2 aliphatic heterocycles. The van der Waals surface area contributed by atoms with Gasteiger partial charge in [-0.3, -0.25) is 23.4 Å². The number of alkyl halides is 1. The molecule has 1 aromatic carbocycles. The van der Waals surface area contributed by atoms with Crippen molar-refractivity contribution in [1.29, 1.82) is 0 Å². The van der Waals surface area contributed by atoms with Gasteiger partial charge in [0.2, 0.25) is 5.82 Å². The highest BCUT2D eigenvalue weighted by atomic mass is 32.1. The van der Waals surface area contributed by atoms with Crippen molar-refractivity contribution in [3.05, 3.63) is 56.5 Å². The van der Waals surface area contributed by atoms with Crippen molar-refractivity contribution in [1.82, 2.24) is 9.55 Å². The largest absolute Gasteiger partial charge is 0.530 e. The average Bonchev–Trinajstić information content (AvgIpc) is 2.95. The molecule has 31 heavy (non-hydrogen) atoms. The van der Waals surface area contributed by atoms with Gasteiger partial charge in [0.05, 0.1) is 12.8 Å². The Labute approximate surface area is 178 Å². The highest BCUT2D eigenvalue weighted by molar-refractivity contribution is 7.71. The topological polar surface area (TPSA) is 132 Å². The molecular weight excluding hydrogens is 461 g/mol. The molecule has 1 saturated heterocycles. The number of fused-ring (bicyclic) bond motifs is 1. The summed E-state index contributed by atoms with van der Waals surface area (Å²) in [6, 6.07) is 5.16. The minimum absolute atomic E-state index is 0.117. The van der Waals surface area contributed by atoms with E-state index in [1.165, 1.54) is 0 Å². The van der Waals surface area contributed by atoms with Crippen molar-refractivity contribution in [2.45, 2.75) is 37.8 Å². The number of nitrogens with one attached hydrogen (secondary N) is 1. The first-order valence-electron chi connectivity index (χ1n) is 8.94. The van der Waals surface area contributed by atoms with E-state index in [4.69, 9.17) is 30.5 Å². The molecule has 0 bridgehead atoms. The number of ether oxygens (including phenoxy) is 1. The maximum atomic E-state index is 15.3. The summed E-state index contributed by atoms with van der Waals surface area (Å²) in [4.78, 5) is 13.3. The molecule has 168 valence electrons. The first-order chi connectivity index (χ1) is 14.5. The molecule has 5 atom stereocenters. The number of aromatic amines is 1. The van der Waals surface area contributed by atoms with Gasteiger partial charge in [0.1, 0.15) is 24.6 Å². The predicted molar refractivity (Wildman–Crippen MR) is 102 cm³/mol. The van der Waals surface area contributed by atoms with Gasteiger partial charge in [-0.05, 0) is 24.7 Å². The zero-order valence-electron chi connectivity index (χ0n) is 15.9. The van der Waals surface area contributed by atoms with Crippen LogP contribution in [0.2, 0.25) is 0 Å². The van der Waals surface area contributed by atoms with E-state index >= 15 is 4.39 Å². The number of rotatable bonds is 4. The number of aromatic nitrogens is 2. The van der Waals surface area contributed by atoms with Crippen LogP contribution in [-0.2, 0) is 25.0 Å². The Balaban J connectivity index is 1.53. The number of phosphoric acid groups is 1. The second kappa shape index (κ2) is 7.85. The van der Waals surface area contributed by atoms with E-state index in [2.05, 4.69) is 0 Å². The van der Waals surface area contributed by atoms with Crippen LogP contribution in [0.5, 0.6) is 5.75 Å². The highest BCUT2D eigenvalue weighted by Crippen LogP contribution is 2.56. The van der Waals surface area contributed by atoms with E-state index in [9.17, 15) is 24.0 Å². The standard InChI is InChI=1S/C17H17F2N2O8PS/c1-8-3-2-4-9-6-26-30(25,29-12(8)9)27-7-17(19)13(23)11(22)15(28-17)21-5-10(18)14(24)20-16(21)31/h2-5,11,13,15,22-23H,6-7H2,1H3,(H,20,24,31)/t11-,13+,15-,17-,30?/m1/s1. The van der Waals surface area contributed by atoms with Gasteiger partial charge in [-0.15, -0.1) is 0 Å². The van der Waals surface area contributed by atoms with Crippen LogP contribution in [0.25, 0.3) is 0 Å². The first kappa shape index (κ1) is 22.2. The molecule has 0 amide bonds. The number of hydrogen-bond acceptors (Lipinski definition) is 9. The number of benzene rings is 1. The summed E-state index contributed by atoms with van der Waals surface area (Å²) in [5.41, 5.74) is 0.151. The molecule has 2 aromatic rings. The van der Waals surface area contributed by atoms with Gasteiger partial charge in [-0.2, -0.15) is 4.39 Å². The van der Waals surface area contributed by atoms with Crippen LogP contribution < -0.4 is 10.1 Å². The van der Waals surface area contributed by atoms with E-state index < -0.39 is 50.1 Å². The van der Waals surface area contributed by atoms with Gasteiger partial charge in [0, 0.05) is 5.56 Å². The lowest BCUT2D eigenvalue weighted by molar-refractivity contribution is -0.205. The number of aryl methyl sites for hydroxylation is 1. The number of H-pyrrole nitrogens is 1. The number of para-hydroxylation sites is 1. The summed E-state index contributed by atoms with van der Waals surface area (Å²) in [5, 5.41) is 20.4. The molecule has 4 rings (SSSR count). The van der Waals surface area contributed by atoms with Crippen molar-refractivity contribution >= 4 is 20.0 Å². The van der Waals surface area contributed by atoms with Crippen LogP contribution in [0, 0.1) is 17.5 Å². The minimum atomic E-state index is -4.28. The smallest absolute Gasteiger partial charge is 0.403 e. The molecule has 0 saturated carbocycles. The monoisotopic (exact) mass is 478 g/mol. The maximum Gasteiger partial charge on any atom is 0.530 e. The van der Waals surface area contributed by atoms with Gasteiger partial charge >= 0.3 is 7.82 Å². The number of aliphatic hydroxyl groups excluding tert-OH is 2. The molecule has 3 heterocycles. The van der Waals surface area contributed by atoms with Crippen LogP contribution in [0.15, 0.2) is 29.2 Å². The summed E-state index contributed by atoms with van der Waals surface area (Å²) in [6.45, 7) is 0.441. The number of phosphoric ester groups is 1. The zero-order valence-corrected chi connectivity index (χ0v) is 17.6. The van der Waals surface area contributed by atoms with Crippen molar-refractivity contribution < 1.29 is 41.9 Å². The third kappa shape index (κ3) is 3.98. The van der Waals surface area contributed by atoms with Crippen molar-refractivity contribution in [2.75, 3.05) is 6.61 Å². The third-order valence-corrected chi connectivity index (χ3v) is 6.48. The van der Waals surface area contributed by atoms with E-state index in [0.717, 1.165) is 4.57 Å². The van der Waals surface area contributed by atoms with Crippen molar-refractivity contribution in [2.24, 2.45) is 0 Å². The Bertz CT molecular complexity index is 1190. The summed E-state index contributed by atoms with van der Waals surface area (Å²) in [6.07, 6.45) is -5.23. The van der Waals surface area contributed by atoms with Gasteiger partial charge in [0.25, 0.3) is 11.4 Å². The van der Waals surface area contributed by atoms with Crippen LogP contribution in [0.1, 0.15) is 17.4 Å². The van der Waals surface area contributed by atoms with Gasteiger partial charge in [-0.1, -0.05) is 18.2 Å². The average molecular weight is 478 g/mol. The second-order valence-corrected chi connectivity index (χ2v) is 9.00. The molecular formula is C17H17F2N2O8PS. The number of nitrogens with zero attached hydrogens (tertiary/aromatic N) is 1. The lowest BCUT2D eigenvalue weighted by atomic mass is 10.1. The summed E-state index contributed by atoms with van der Waals surface area (Å²) < 4.78 is 62.5. The zero-order chi connectivity index (χ0) is 22.6. The van der Waals surface area contributed by atoms with Gasteiger partial charge in [0.15, 0.2) is 11.0 Å². The van der Waals surface area contributed by atoms with E-state index in [-0.39, 0.29) is 17.1 Å². The molecule has 2 aliphatic rings. The lowest BCUT2D eigenvalue weighted by Gasteiger charge is -2.29. The Morgan fingerprint density at radius 1 is 1.45 bits per heavy atom. The Morgan fingerprint density at radius 2 is 2.19 bits per heavy atom. The van der Waals surface area contributed by atoms with Crippen LogP contribution >= 0.6 is 20.0 Å². The van der Waals surface area contributed by atoms with Crippen LogP contribution in [0.3, 0.4) is 0 Å². The maximum absolute atomic E-state index is 15.3. The fourth-order valence-electron chi connectivity index (χ4n) is 3.22. The lowest BCUT2D eigenvalue weighted by Crippen LogP contribution is -2.43. The number of hydrogen-bond donors (Lipinski definition) is 3. The summed E-state index contributed by atoms with van der Waals surface area (Å²) >= 11 is 4.87. The normalized spacial score (nSPS) is 32.5. The van der Waals surface area contributed by atoms with E-state index in [1.807, 2.05) is 4.98 Å². The molecule has 1 unspecified atom stereocenters. The van der Waals surface area contributed by atoms with Crippen LogP contribution in [-0.4, -0.2) is 44.4 Å². The van der Waals surface area contributed by atoms with Crippen molar-refractivity contribution in [3.8, 4) is 5.75 Å². The Morgan fingerprint density at radius 3 is 2.94 bits per heavy atom. The summed E-state index contributed by atoms with van der Waals surface area (Å²) in [5.74, 6) is -4.08. The SMILES string of the molecule is Cc1cccc2c1OP(=O)(OC[C@@]1(F)O[C@@H](n3cc(F)c(=O)[nH]c3=S)[C@H](O)[C@@H]1O)OC2. The van der Waals surface area contributed by atoms with Gasteiger partial charge < -0.3 is 19.5 Å².